The summed E-state index contributed by atoms with van der Waals surface area (Å²) >= 11 is 0. The Balaban J connectivity index is 2.26. The van der Waals surface area contributed by atoms with Crippen LogP contribution in [0.3, 0.4) is 0 Å². The zero-order valence-electron chi connectivity index (χ0n) is 9.56. The van der Waals surface area contributed by atoms with Gasteiger partial charge in [0.1, 0.15) is 5.69 Å². The lowest BCUT2D eigenvalue weighted by molar-refractivity contribution is 0.0948. The molecular weight excluding hydrogens is 224 g/mol. The van der Waals surface area contributed by atoms with Crippen LogP contribution in [0.1, 0.15) is 17.4 Å². The van der Waals surface area contributed by atoms with Crippen LogP contribution < -0.4 is 16.2 Å². The Kier molecular flexibility index (Phi) is 5.31. The molecule has 0 saturated heterocycles. The highest BCUT2D eigenvalue weighted by molar-refractivity contribution is 5.91. The van der Waals surface area contributed by atoms with Crippen molar-refractivity contribution in [3.63, 3.8) is 0 Å². The second-order valence-electron chi connectivity index (χ2n) is 3.61. The van der Waals surface area contributed by atoms with Crippen LogP contribution in [0.4, 0.5) is 0 Å². The Morgan fingerprint density at radius 2 is 2.35 bits per heavy atom. The van der Waals surface area contributed by atoms with Gasteiger partial charge in [-0.05, 0) is 6.92 Å². The first-order valence-electron chi connectivity index (χ1n) is 5.31. The minimum absolute atomic E-state index is 0.167. The minimum atomic E-state index is -0.411. The van der Waals surface area contributed by atoms with Crippen LogP contribution in [0.2, 0.25) is 0 Å². The number of aliphatic hydroxyl groups excluding tert-OH is 1. The number of nitrogens with one attached hydrogen (secondary N) is 3. The fourth-order valence-electron chi connectivity index (χ4n) is 1.13. The average molecular weight is 240 g/mol. The Morgan fingerprint density at radius 1 is 1.59 bits per heavy atom. The van der Waals surface area contributed by atoms with Gasteiger partial charge in [0, 0.05) is 25.8 Å². The summed E-state index contributed by atoms with van der Waals surface area (Å²) in [6.07, 6.45) is 1.91. The van der Waals surface area contributed by atoms with E-state index in [9.17, 15) is 9.59 Å². The summed E-state index contributed by atoms with van der Waals surface area (Å²) in [5.41, 5.74) is -0.180. The molecule has 7 nitrogen and oxygen atoms in total. The largest absolute Gasteiger partial charge is 0.392 e. The fraction of sp³-hybridized carbons (Fsp3) is 0.500. The predicted molar refractivity (Wildman–Crippen MR) is 61.7 cm³/mol. The van der Waals surface area contributed by atoms with Gasteiger partial charge in [0.25, 0.3) is 11.5 Å². The summed E-state index contributed by atoms with van der Waals surface area (Å²) in [4.78, 5) is 28.3. The van der Waals surface area contributed by atoms with E-state index in [1.807, 2.05) is 0 Å². The molecule has 0 aliphatic heterocycles. The molecule has 1 rings (SSSR count). The number of aliphatic hydroxyl groups is 1. The van der Waals surface area contributed by atoms with E-state index in [1.165, 1.54) is 6.20 Å². The van der Waals surface area contributed by atoms with Crippen molar-refractivity contribution in [3.05, 3.63) is 28.4 Å². The topological polar surface area (TPSA) is 107 Å². The van der Waals surface area contributed by atoms with Crippen molar-refractivity contribution in [1.29, 1.82) is 0 Å². The van der Waals surface area contributed by atoms with Crippen LogP contribution in [-0.4, -0.2) is 46.7 Å². The summed E-state index contributed by atoms with van der Waals surface area (Å²) in [6.45, 7) is 3.13. The molecule has 0 radical (unpaired) electrons. The number of carbonyl (C=O) groups excluding carboxylic acids is 1. The Morgan fingerprint density at radius 3 is 2.94 bits per heavy atom. The smallest absolute Gasteiger partial charge is 0.271 e. The Hall–Kier alpha value is -1.73. The number of hydrogen-bond acceptors (Lipinski definition) is 5. The number of nitrogens with zero attached hydrogens (tertiary/aromatic N) is 1. The molecule has 0 spiro atoms. The van der Waals surface area contributed by atoms with Gasteiger partial charge in [0.05, 0.1) is 12.3 Å². The molecule has 1 aromatic rings. The number of carbonyl (C=O) groups is 1. The van der Waals surface area contributed by atoms with Crippen molar-refractivity contribution in [1.82, 2.24) is 20.6 Å². The number of amides is 1. The first-order chi connectivity index (χ1) is 8.09. The molecule has 94 valence electrons. The van der Waals surface area contributed by atoms with E-state index >= 15 is 0 Å². The highest BCUT2D eigenvalue weighted by atomic mass is 16.3. The van der Waals surface area contributed by atoms with Gasteiger partial charge < -0.3 is 20.7 Å². The molecule has 0 saturated carbocycles. The van der Waals surface area contributed by atoms with Crippen molar-refractivity contribution in [3.8, 4) is 0 Å². The van der Waals surface area contributed by atoms with Crippen molar-refractivity contribution >= 4 is 5.91 Å². The van der Waals surface area contributed by atoms with E-state index in [0.29, 0.717) is 19.6 Å². The van der Waals surface area contributed by atoms with E-state index in [0.717, 1.165) is 6.20 Å². The molecule has 4 N–H and O–H groups in total. The second-order valence-corrected chi connectivity index (χ2v) is 3.61. The van der Waals surface area contributed by atoms with Crippen LogP contribution in [-0.2, 0) is 0 Å². The van der Waals surface area contributed by atoms with Crippen molar-refractivity contribution in [2.75, 3.05) is 19.6 Å². The molecule has 0 fully saturated rings. The first kappa shape index (κ1) is 13.3. The SMILES string of the molecule is CC(O)CNCCNC(=O)c1c[nH]c(=O)cn1. The van der Waals surface area contributed by atoms with Gasteiger partial charge in [0.2, 0.25) is 0 Å². The first-order valence-corrected chi connectivity index (χ1v) is 5.31. The second kappa shape index (κ2) is 6.77. The quantitative estimate of drug-likeness (QED) is 0.451. The van der Waals surface area contributed by atoms with E-state index in [2.05, 4.69) is 20.6 Å². The molecular formula is C10H16N4O3. The number of hydrogen-bond donors (Lipinski definition) is 4. The highest BCUT2D eigenvalue weighted by Crippen LogP contribution is 1.86. The van der Waals surface area contributed by atoms with Gasteiger partial charge in [-0.3, -0.25) is 9.59 Å². The number of aromatic amines is 1. The fourth-order valence-corrected chi connectivity index (χ4v) is 1.13. The molecule has 1 amide bonds. The third-order valence-electron chi connectivity index (χ3n) is 1.93. The van der Waals surface area contributed by atoms with Crippen LogP contribution in [0, 0.1) is 0 Å². The zero-order chi connectivity index (χ0) is 12.7. The van der Waals surface area contributed by atoms with Crippen molar-refractivity contribution in [2.45, 2.75) is 13.0 Å². The highest BCUT2D eigenvalue weighted by Gasteiger charge is 2.05. The molecule has 0 bridgehead atoms. The Labute approximate surface area is 98.3 Å². The van der Waals surface area contributed by atoms with E-state index in [4.69, 9.17) is 5.11 Å². The summed E-state index contributed by atoms with van der Waals surface area (Å²) in [6, 6.07) is 0. The van der Waals surface area contributed by atoms with Crippen molar-refractivity contribution < 1.29 is 9.90 Å². The number of rotatable bonds is 6. The molecule has 0 aliphatic rings. The van der Waals surface area contributed by atoms with E-state index < -0.39 is 6.10 Å². The maximum absolute atomic E-state index is 11.5. The third-order valence-corrected chi connectivity index (χ3v) is 1.93. The summed E-state index contributed by atoms with van der Waals surface area (Å²) < 4.78 is 0. The normalized spacial score (nSPS) is 12.1. The molecule has 1 atom stereocenters. The summed E-state index contributed by atoms with van der Waals surface area (Å²) in [7, 11) is 0. The summed E-state index contributed by atoms with van der Waals surface area (Å²) in [5, 5.41) is 14.6. The molecule has 0 aromatic carbocycles. The minimum Gasteiger partial charge on any atom is -0.392 e. The molecule has 0 aliphatic carbocycles. The van der Waals surface area contributed by atoms with Gasteiger partial charge in [-0.1, -0.05) is 0 Å². The maximum Gasteiger partial charge on any atom is 0.271 e. The van der Waals surface area contributed by atoms with Gasteiger partial charge in [-0.15, -0.1) is 0 Å². The predicted octanol–water partition coefficient (Wildman–Crippen LogP) is -1.53. The molecule has 17 heavy (non-hydrogen) atoms. The molecule has 1 heterocycles. The zero-order valence-corrected chi connectivity index (χ0v) is 9.56. The van der Waals surface area contributed by atoms with Gasteiger partial charge in [0.15, 0.2) is 0 Å². The summed E-state index contributed by atoms with van der Waals surface area (Å²) in [5.74, 6) is -0.347. The number of H-pyrrole nitrogens is 1. The van der Waals surface area contributed by atoms with Gasteiger partial charge >= 0.3 is 0 Å². The van der Waals surface area contributed by atoms with Crippen LogP contribution in [0.5, 0.6) is 0 Å². The van der Waals surface area contributed by atoms with Crippen LogP contribution in [0.25, 0.3) is 0 Å². The number of aromatic nitrogens is 2. The molecule has 7 heteroatoms. The third kappa shape index (κ3) is 5.23. The molecule has 1 unspecified atom stereocenters. The lowest BCUT2D eigenvalue weighted by Gasteiger charge is -2.07. The van der Waals surface area contributed by atoms with Gasteiger partial charge in [-0.25, -0.2) is 4.98 Å². The maximum atomic E-state index is 11.5. The Bertz CT molecular complexity index is 396. The van der Waals surface area contributed by atoms with Crippen LogP contribution >= 0.6 is 0 Å². The monoisotopic (exact) mass is 240 g/mol. The average Bonchev–Trinajstić information content (AvgIpc) is 2.29. The lowest BCUT2D eigenvalue weighted by Crippen LogP contribution is -2.35. The molecule has 1 aromatic heterocycles. The van der Waals surface area contributed by atoms with Crippen LogP contribution in [0.15, 0.2) is 17.2 Å². The lowest BCUT2D eigenvalue weighted by atomic mass is 10.4. The van der Waals surface area contributed by atoms with E-state index in [-0.39, 0.29) is 17.2 Å². The van der Waals surface area contributed by atoms with Crippen molar-refractivity contribution in [2.24, 2.45) is 0 Å². The van der Waals surface area contributed by atoms with E-state index in [1.54, 1.807) is 6.92 Å². The van der Waals surface area contributed by atoms with Gasteiger partial charge in [-0.2, -0.15) is 0 Å². The standard InChI is InChI=1S/C10H16N4O3/c1-7(15)4-11-2-3-12-10(17)8-5-14-9(16)6-13-8/h5-7,11,15H,2-4H2,1H3,(H,12,17)(H,14,16).